The van der Waals surface area contributed by atoms with Gasteiger partial charge >= 0.3 is 0 Å². The molecule has 0 bridgehead atoms. The van der Waals surface area contributed by atoms with Gasteiger partial charge in [-0.1, -0.05) is 23.7 Å². The first-order chi connectivity index (χ1) is 9.31. The molecule has 4 heteroatoms. The number of nitrogens with zero attached hydrogens (tertiary/aromatic N) is 2. The summed E-state index contributed by atoms with van der Waals surface area (Å²) in [7, 11) is 0. The Morgan fingerprint density at radius 3 is 2.79 bits per heavy atom. The zero-order chi connectivity index (χ0) is 13.1. The van der Waals surface area contributed by atoms with E-state index in [1.165, 1.54) is 24.9 Å². The first-order valence-corrected chi connectivity index (χ1v) is 7.19. The van der Waals surface area contributed by atoms with Gasteiger partial charge in [0.2, 0.25) is 0 Å². The van der Waals surface area contributed by atoms with Crippen LogP contribution in [-0.4, -0.2) is 22.9 Å². The molecule has 1 aromatic heterocycles. The third-order valence-corrected chi connectivity index (χ3v) is 3.87. The molecule has 0 saturated carbocycles. The van der Waals surface area contributed by atoms with Gasteiger partial charge < -0.3 is 5.32 Å². The summed E-state index contributed by atoms with van der Waals surface area (Å²) in [6, 6.07) is 8.60. The molecule has 19 heavy (non-hydrogen) atoms. The van der Waals surface area contributed by atoms with Gasteiger partial charge in [0.25, 0.3) is 0 Å². The molecular weight excluding hydrogens is 258 g/mol. The fraction of sp³-hybridized carbons (Fsp3) is 0.400. The van der Waals surface area contributed by atoms with Gasteiger partial charge in [-0.2, -0.15) is 5.10 Å². The second-order valence-corrected chi connectivity index (χ2v) is 5.62. The van der Waals surface area contributed by atoms with E-state index in [9.17, 15) is 0 Å². The van der Waals surface area contributed by atoms with E-state index in [4.69, 9.17) is 11.6 Å². The maximum absolute atomic E-state index is 5.88. The van der Waals surface area contributed by atoms with E-state index in [0.29, 0.717) is 5.02 Å². The van der Waals surface area contributed by atoms with Crippen LogP contribution < -0.4 is 5.32 Å². The van der Waals surface area contributed by atoms with Crippen LogP contribution in [0.25, 0.3) is 5.69 Å². The van der Waals surface area contributed by atoms with Crippen molar-refractivity contribution in [3.05, 3.63) is 47.2 Å². The Kier molecular flexibility index (Phi) is 3.85. The summed E-state index contributed by atoms with van der Waals surface area (Å²) >= 11 is 5.88. The standard InChI is InChI=1S/C15H18ClN3/c16-14-10-18-19(11-14)15-5-3-12(4-6-15)8-13-2-1-7-17-9-13/h3-6,10-11,13,17H,1-2,7-9H2. The smallest absolute Gasteiger partial charge is 0.0790 e. The van der Waals surface area contributed by atoms with E-state index in [-0.39, 0.29) is 0 Å². The summed E-state index contributed by atoms with van der Waals surface area (Å²) in [5.74, 6) is 0.777. The van der Waals surface area contributed by atoms with Crippen LogP contribution >= 0.6 is 11.6 Å². The summed E-state index contributed by atoms with van der Waals surface area (Å²) in [4.78, 5) is 0. The molecule has 1 fully saturated rings. The highest BCUT2D eigenvalue weighted by atomic mass is 35.5. The molecular formula is C15H18ClN3. The zero-order valence-corrected chi connectivity index (χ0v) is 11.6. The molecule has 0 aliphatic carbocycles. The molecule has 1 aliphatic rings. The molecule has 0 amide bonds. The van der Waals surface area contributed by atoms with Gasteiger partial charge in [0.1, 0.15) is 0 Å². The number of aromatic nitrogens is 2. The largest absolute Gasteiger partial charge is 0.316 e. The maximum atomic E-state index is 5.88. The fourth-order valence-electron chi connectivity index (χ4n) is 2.66. The molecule has 2 heterocycles. The Bertz CT molecular complexity index is 527. The average Bonchev–Trinajstić information content (AvgIpc) is 2.87. The number of benzene rings is 1. The lowest BCUT2D eigenvalue weighted by Crippen LogP contribution is -2.30. The molecule has 1 saturated heterocycles. The van der Waals surface area contributed by atoms with Gasteiger partial charge in [0.05, 0.1) is 16.9 Å². The van der Waals surface area contributed by atoms with Crippen molar-refractivity contribution in [3.8, 4) is 5.69 Å². The minimum Gasteiger partial charge on any atom is -0.316 e. The number of piperidine rings is 1. The Morgan fingerprint density at radius 2 is 2.16 bits per heavy atom. The number of rotatable bonds is 3. The number of hydrogen-bond donors (Lipinski definition) is 1. The molecule has 1 aromatic carbocycles. The molecule has 100 valence electrons. The average molecular weight is 276 g/mol. The second kappa shape index (κ2) is 5.76. The lowest BCUT2D eigenvalue weighted by molar-refractivity contribution is 0.376. The first kappa shape index (κ1) is 12.7. The molecule has 1 atom stereocenters. The van der Waals surface area contributed by atoms with Crippen LogP contribution in [0.4, 0.5) is 0 Å². The van der Waals surface area contributed by atoms with Crippen molar-refractivity contribution < 1.29 is 0 Å². The molecule has 3 rings (SSSR count). The van der Waals surface area contributed by atoms with Crippen molar-refractivity contribution in [2.45, 2.75) is 19.3 Å². The second-order valence-electron chi connectivity index (χ2n) is 5.19. The van der Waals surface area contributed by atoms with Crippen molar-refractivity contribution in [2.75, 3.05) is 13.1 Å². The minimum atomic E-state index is 0.664. The van der Waals surface area contributed by atoms with Gasteiger partial charge in [0.15, 0.2) is 0 Å². The van der Waals surface area contributed by atoms with Crippen LogP contribution in [0.15, 0.2) is 36.7 Å². The third-order valence-electron chi connectivity index (χ3n) is 3.68. The van der Waals surface area contributed by atoms with E-state index < -0.39 is 0 Å². The summed E-state index contributed by atoms with van der Waals surface area (Å²) < 4.78 is 1.80. The van der Waals surface area contributed by atoms with Gasteiger partial charge in [-0.25, -0.2) is 4.68 Å². The summed E-state index contributed by atoms with van der Waals surface area (Å²) in [5.41, 5.74) is 2.45. The lowest BCUT2D eigenvalue weighted by atomic mass is 9.92. The van der Waals surface area contributed by atoms with Crippen molar-refractivity contribution in [1.82, 2.24) is 15.1 Å². The Hall–Kier alpha value is -1.32. The Labute approximate surface area is 118 Å². The highest BCUT2D eigenvalue weighted by Gasteiger charge is 2.13. The molecule has 1 N–H and O–H groups in total. The molecule has 2 aromatic rings. The summed E-state index contributed by atoms with van der Waals surface area (Å²) in [5, 5.41) is 8.34. The van der Waals surface area contributed by atoms with E-state index >= 15 is 0 Å². The predicted molar refractivity (Wildman–Crippen MR) is 77.9 cm³/mol. The third kappa shape index (κ3) is 3.17. The van der Waals surface area contributed by atoms with E-state index in [2.05, 4.69) is 34.7 Å². The van der Waals surface area contributed by atoms with Crippen molar-refractivity contribution in [2.24, 2.45) is 5.92 Å². The van der Waals surface area contributed by atoms with Gasteiger partial charge in [-0.15, -0.1) is 0 Å². The van der Waals surface area contributed by atoms with E-state index in [1.807, 2.05) is 6.20 Å². The molecule has 3 nitrogen and oxygen atoms in total. The number of hydrogen-bond acceptors (Lipinski definition) is 2. The minimum absolute atomic E-state index is 0.664. The zero-order valence-electron chi connectivity index (χ0n) is 10.8. The van der Waals surface area contributed by atoms with Crippen LogP contribution in [0.3, 0.4) is 0 Å². The normalized spacial score (nSPS) is 19.5. The van der Waals surface area contributed by atoms with Gasteiger partial charge in [-0.3, -0.25) is 0 Å². The lowest BCUT2D eigenvalue weighted by Gasteiger charge is -2.22. The van der Waals surface area contributed by atoms with Crippen molar-refractivity contribution in [1.29, 1.82) is 0 Å². The Balaban J connectivity index is 1.68. The molecule has 0 radical (unpaired) electrons. The van der Waals surface area contributed by atoms with Gasteiger partial charge in [0, 0.05) is 6.20 Å². The Morgan fingerprint density at radius 1 is 1.32 bits per heavy atom. The molecule has 0 spiro atoms. The first-order valence-electron chi connectivity index (χ1n) is 6.81. The fourth-order valence-corrected chi connectivity index (χ4v) is 2.79. The topological polar surface area (TPSA) is 29.9 Å². The van der Waals surface area contributed by atoms with Crippen molar-refractivity contribution in [3.63, 3.8) is 0 Å². The predicted octanol–water partition coefficient (Wildman–Crippen LogP) is 3.07. The van der Waals surface area contributed by atoms with E-state index in [1.54, 1.807) is 10.9 Å². The van der Waals surface area contributed by atoms with Crippen LogP contribution in [0.2, 0.25) is 5.02 Å². The molecule has 1 unspecified atom stereocenters. The van der Waals surface area contributed by atoms with Gasteiger partial charge in [-0.05, 0) is 56.0 Å². The van der Waals surface area contributed by atoms with Crippen LogP contribution in [-0.2, 0) is 6.42 Å². The monoisotopic (exact) mass is 275 g/mol. The highest BCUT2D eigenvalue weighted by molar-refractivity contribution is 6.30. The van der Waals surface area contributed by atoms with Crippen LogP contribution in [0.1, 0.15) is 18.4 Å². The van der Waals surface area contributed by atoms with Crippen LogP contribution in [0, 0.1) is 5.92 Å². The van der Waals surface area contributed by atoms with E-state index in [0.717, 1.165) is 24.6 Å². The molecule has 1 aliphatic heterocycles. The number of halogens is 1. The summed E-state index contributed by atoms with van der Waals surface area (Å²) in [6.45, 7) is 2.33. The van der Waals surface area contributed by atoms with Crippen molar-refractivity contribution >= 4 is 11.6 Å². The highest BCUT2D eigenvalue weighted by Crippen LogP contribution is 2.18. The van der Waals surface area contributed by atoms with Crippen LogP contribution in [0.5, 0.6) is 0 Å². The SMILES string of the molecule is Clc1cnn(-c2ccc(CC3CCCNC3)cc2)c1. The summed E-state index contributed by atoms with van der Waals surface area (Å²) in [6.07, 6.45) is 7.27. The number of nitrogens with one attached hydrogen (secondary N) is 1. The quantitative estimate of drug-likeness (QED) is 0.933. The maximum Gasteiger partial charge on any atom is 0.0790 e.